The third-order valence-electron chi connectivity index (χ3n) is 5.80. The standard InChI is InChI=1S/C27H37N3O3S/c1-7-20(4)28-24(31)21-11-8-9-12-22(21)29-26(34)30-25(32)27(5,6)15-10-16-33-23-17-18(2)13-14-19(23)3/h8-9,11-14,17,20H,7,10,15-16H2,1-6H3,(H,28,31)(H2,29,30,32,34). The van der Waals surface area contributed by atoms with Crippen LogP contribution in [-0.4, -0.2) is 29.6 Å². The highest BCUT2D eigenvalue weighted by Crippen LogP contribution is 2.24. The lowest BCUT2D eigenvalue weighted by Crippen LogP contribution is -2.43. The molecule has 3 N–H and O–H groups in total. The zero-order chi connectivity index (χ0) is 25.3. The molecule has 0 aliphatic heterocycles. The summed E-state index contributed by atoms with van der Waals surface area (Å²) in [5.41, 5.74) is 2.64. The van der Waals surface area contributed by atoms with Crippen LogP contribution in [0.4, 0.5) is 5.69 Å². The number of nitrogens with one attached hydrogen (secondary N) is 3. The van der Waals surface area contributed by atoms with E-state index in [-0.39, 0.29) is 23.0 Å². The predicted molar refractivity (Wildman–Crippen MR) is 142 cm³/mol. The Morgan fingerprint density at radius 2 is 1.82 bits per heavy atom. The van der Waals surface area contributed by atoms with Crippen LogP contribution in [0.2, 0.25) is 0 Å². The molecule has 0 aliphatic rings. The van der Waals surface area contributed by atoms with E-state index in [1.54, 1.807) is 18.2 Å². The summed E-state index contributed by atoms with van der Waals surface area (Å²) in [6, 6.07) is 13.3. The highest BCUT2D eigenvalue weighted by atomic mass is 32.1. The summed E-state index contributed by atoms with van der Waals surface area (Å²) in [4.78, 5) is 25.5. The molecule has 2 amide bonds. The molecule has 0 aliphatic carbocycles. The first-order valence-electron chi connectivity index (χ1n) is 11.8. The predicted octanol–water partition coefficient (Wildman–Crippen LogP) is 5.53. The minimum Gasteiger partial charge on any atom is -0.493 e. The van der Waals surface area contributed by atoms with Crippen LogP contribution in [0.5, 0.6) is 5.75 Å². The van der Waals surface area contributed by atoms with Gasteiger partial charge in [-0.15, -0.1) is 0 Å². The van der Waals surface area contributed by atoms with E-state index in [0.717, 1.165) is 29.7 Å². The molecule has 0 fully saturated rings. The smallest absolute Gasteiger partial charge is 0.253 e. The summed E-state index contributed by atoms with van der Waals surface area (Å²) in [5, 5.41) is 8.88. The van der Waals surface area contributed by atoms with Crippen molar-refractivity contribution in [1.82, 2.24) is 10.6 Å². The summed E-state index contributed by atoms with van der Waals surface area (Å²) in [7, 11) is 0. The summed E-state index contributed by atoms with van der Waals surface area (Å²) in [6.07, 6.45) is 2.20. The monoisotopic (exact) mass is 483 g/mol. The van der Waals surface area contributed by atoms with Crippen LogP contribution in [-0.2, 0) is 4.79 Å². The zero-order valence-corrected chi connectivity index (χ0v) is 21.9. The topological polar surface area (TPSA) is 79.5 Å². The largest absolute Gasteiger partial charge is 0.493 e. The Bertz CT molecular complexity index is 1020. The number of hydrogen-bond acceptors (Lipinski definition) is 4. The summed E-state index contributed by atoms with van der Waals surface area (Å²) in [6.45, 7) is 12.3. The maximum atomic E-state index is 12.9. The van der Waals surface area contributed by atoms with E-state index in [9.17, 15) is 9.59 Å². The quantitative estimate of drug-likeness (QED) is 0.306. The minimum atomic E-state index is -0.635. The highest BCUT2D eigenvalue weighted by molar-refractivity contribution is 7.80. The van der Waals surface area contributed by atoms with Gasteiger partial charge in [0, 0.05) is 11.5 Å². The van der Waals surface area contributed by atoms with Gasteiger partial charge in [0.15, 0.2) is 5.11 Å². The molecule has 0 saturated carbocycles. The Morgan fingerprint density at radius 3 is 2.53 bits per heavy atom. The van der Waals surface area contributed by atoms with Crippen LogP contribution in [0.25, 0.3) is 0 Å². The SMILES string of the molecule is CCC(C)NC(=O)c1ccccc1NC(=S)NC(=O)C(C)(C)CCCOc1cc(C)ccc1C. The molecule has 0 spiro atoms. The summed E-state index contributed by atoms with van der Waals surface area (Å²) in [5.74, 6) is 0.512. The average Bonchev–Trinajstić information content (AvgIpc) is 2.78. The highest BCUT2D eigenvalue weighted by Gasteiger charge is 2.28. The first-order chi connectivity index (χ1) is 16.0. The Hall–Kier alpha value is -2.93. The Labute approximate surface area is 208 Å². The number of para-hydroxylation sites is 1. The van der Waals surface area contributed by atoms with E-state index in [1.165, 1.54) is 0 Å². The Balaban J connectivity index is 1.89. The maximum absolute atomic E-state index is 12.9. The van der Waals surface area contributed by atoms with Crippen LogP contribution < -0.4 is 20.7 Å². The normalized spacial score (nSPS) is 11.9. The van der Waals surface area contributed by atoms with Crippen molar-refractivity contribution in [2.75, 3.05) is 11.9 Å². The van der Waals surface area contributed by atoms with Crippen LogP contribution in [0.15, 0.2) is 42.5 Å². The van der Waals surface area contributed by atoms with Crippen molar-refractivity contribution in [1.29, 1.82) is 0 Å². The minimum absolute atomic E-state index is 0.0619. The molecule has 6 nitrogen and oxygen atoms in total. The van der Waals surface area contributed by atoms with Gasteiger partial charge in [0.25, 0.3) is 5.91 Å². The molecule has 2 aromatic carbocycles. The van der Waals surface area contributed by atoms with E-state index in [4.69, 9.17) is 17.0 Å². The first kappa shape index (κ1) is 27.3. The van der Waals surface area contributed by atoms with Gasteiger partial charge in [0.05, 0.1) is 17.9 Å². The molecule has 2 rings (SSSR count). The van der Waals surface area contributed by atoms with Gasteiger partial charge >= 0.3 is 0 Å². The molecule has 0 aromatic heterocycles. The molecular weight excluding hydrogens is 446 g/mol. The number of rotatable bonds is 10. The van der Waals surface area contributed by atoms with Gasteiger partial charge in [-0.05, 0) is 81.6 Å². The zero-order valence-electron chi connectivity index (χ0n) is 21.1. The molecule has 0 heterocycles. The van der Waals surface area contributed by atoms with Crippen molar-refractivity contribution in [2.45, 2.75) is 66.8 Å². The fraction of sp³-hybridized carbons (Fsp3) is 0.444. The third kappa shape index (κ3) is 8.13. The molecule has 184 valence electrons. The number of ether oxygens (including phenoxy) is 1. The molecule has 7 heteroatoms. The Morgan fingerprint density at radius 1 is 1.12 bits per heavy atom. The number of hydrogen-bond donors (Lipinski definition) is 3. The second-order valence-electron chi connectivity index (χ2n) is 9.34. The number of aryl methyl sites for hydroxylation is 2. The van der Waals surface area contributed by atoms with E-state index >= 15 is 0 Å². The number of amides is 2. The van der Waals surface area contributed by atoms with Crippen molar-refractivity contribution in [3.8, 4) is 5.75 Å². The van der Waals surface area contributed by atoms with Crippen molar-refractivity contribution < 1.29 is 14.3 Å². The second kappa shape index (κ2) is 12.5. The third-order valence-corrected chi connectivity index (χ3v) is 6.00. The molecule has 0 saturated heterocycles. The molecule has 0 bridgehead atoms. The molecule has 1 atom stereocenters. The van der Waals surface area contributed by atoms with Gasteiger partial charge in [0.2, 0.25) is 5.91 Å². The van der Waals surface area contributed by atoms with E-state index in [1.807, 2.05) is 59.7 Å². The maximum Gasteiger partial charge on any atom is 0.253 e. The number of thiocarbonyl (C=S) groups is 1. The molecular formula is C27H37N3O3S. The van der Waals surface area contributed by atoms with Crippen molar-refractivity contribution in [2.24, 2.45) is 5.41 Å². The number of benzene rings is 2. The summed E-state index contributed by atoms with van der Waals surface area (Å²) < 4.78 is 5.92. The molecule has 0 radical (unpaired) electrons. The molecule has 1 unspecified atom stereocenters. The van der Waals surface area contributed by atoms with E-state index < -0.39 is 5.41 Å². The van der Waals surface area contributed by atoms with Gasteiger partial charge in [0.1, 0.15) is 5.75 Å². The van der Waals surface area contributed by atoms with Crippen LogP contribution >= 0.6 is 12.2 Å². The lowest BCUT2D eigenvalue weighted by atomic mass is 9.87. The fourth-order valence-corrected chi connectivity index (χ4v) is 3.49. The van der Waals surface area contributed by atoms with Crippen molar-refractivity contribution >= 4 is 34.8 Å². The van der Waals surface area contributed by atoms with Crippen LogP contribution in [0.3, 0.4) is 0 Å². The second-order valence-corrected chi connectivity index (χ2v) is 9.75. The van der Waals surface area contributed by atoms with Gasteiger partial charge in [-0.3, -0.25) is 9.59 Å². The van der Waals surface area contributed by atoms with E-state index in [2.05, 4.69) is 22.0 Å². The summed E-state index contributed by atoms with van der Waals surface area (Å²) >= 11 is 5.36. The number of anilines is 1. The van der Waals surface area contributed by atoms with Gasteiger partial charge < -0.3 is 20.7 Å². The van der Waals surface area contributed by atoms with Gasteiger partial charge in [-0.2, -0.15) is 0 Å². The fourth-order valence-electron chi connectivity index (χ4n) is 3.29. The average molecular weight is 484 g/mol. The van der Waals surface area contributed by atoms with Crippen molar-refractivity contribution in [3.05, 3.63) is 59.2 Å². The Kier molecular flexibility index (Phi) is 10.1. The first-order valence-corrected chi connectivity index (χ1v) is 12.2. The van der Waals surface area contributed by atoms with Gasteiger partial charge in [-0.1, -0.05) is 45.0 Å². The van der Waals surface area contributed by atoms with Crippen LogP contribution in [0, 0.1) is 19.3 Å². The molecule has 34 heavy (non-hydrogen) atoms. The number of carbonyl (C=O) groups excluding carboxylic acids is 2. The number of carbonyl (C=O) groups is 2. The lowest BCUT2D eigenvalue weighted by molar-refractivity contribution is -0.128. The van der Waals surface area contributed by atoms with Gasteiger partial charge in [-0.25, -0.2) is 0 Å². The van der Waals surface area contributed by atoms with E-state index in [0.29, 0.717) is 24.3 Å². The molecule has 2 aromatic rings. The van der Waals surface area contributed by atoms with Crippen molar-refractivity contribution in [3.63, 3.8) is 0 Å². The van der Waals surface area contributed by atoms with Crippen LogP contribution in [0.1, 0.15) is 68.4 Å². The lowest BCUT2D eigenvalue weighted by Gasteiger charge is -2.24.